The summed E-state index contributed by atoms with van der Waals surface area (Å²) < 4.78 is 5.52. The number of likely N-dealkylation sites (tertiary alicyclic amines) is 1. The lowest BCUT2D eigenvalue weighted by molar-refractivity contribution is 0.318. The zero-order valence-electron chi connectivity index (χ0n) is 11.2. The lowest BCUT2D eigenvalue weighted by Crippen LogP contribution is -2.29. The van der Waals surface area contributed by atoms with Crippen LogP contribution < -0.4 is 10.1 Å². The highest BCUT2D eigenvalue weighted by molar-refractivity contribution is 5.85. The molecule has 1 aromatic carbocycles. The summed E-state index contributed by atoms with van der Waals surface area (Å²) in [4.78, 5) is 2.49. The smallest absolute Gasteiger partial charge is 0.119 e. The Hall–Kier alpha value is -0.770. The lowest BCUT2D eigenvalue weighted by Gasteiger charge is -2.16. The zero-order valence-corrected chi connectivity index (χ0v) is 12.0. The van der Waals surface area contributed by atoms with Gasteiger partial charge in [0.2, 0.25) is 0 Å². The van der Waals surface area contributed by atoms with Gasteiger partial charge in [0.15, 0.2) is 0 Å². The van der Waals surface area contributed by atoms with Gasteiger partial charge in [-0.1, -0.05) is 12.1 Å². The molecule has 0 bridgehead atoms. The second kappa shape index (κ2) is 7.62. The van der Waals surface area contributed by atoms with Crippen molar-refractivity contribution in [1.82, 2.24) is 10.2 Å². The molecule has 1 fully saturated rings. The van der Waals surface area contributed by atoms with Crippen LogP contribution in [0.5, 0.6) is 5.75 Å². The number of hydrogen-bond acceptors (Lipinski definition) is 3. The van der Waals surface area contributed by atoms with Crippen molar-refractivity contribution in [2.24, 2.45) is 0 Å². The topological polar surface area (TPSA) is 24.5 Å². The molecule has 1 aliphatic heterocycles. The second-order valence-electron chi connectivity index (χ2n) is 4.59. The van der Waals surface area contributed by atoms with E-state index >= 15 is 0 Å². The molecule has 0 aliphatic carbocycles. The largest absolute Gasteiger partial charge is 0.494 e. The van der Waals surface area contributed by atoms with Crippen molar-refractivity contribution in [1.29, 1.82) is 0 Å². The Balaban J connectivity index is 0.00000162. The Morgan fingerprint density at radius 3 is 2.94 bits per heavy atom. The summed E-state index contributed by atoms with van der Waals surface area (Å²) >= 11 is 0. The minimum absolute atomic E-state index is 0. The average Bonchev–Trinajstić information content (AvgIpc) is 2.78. The fourth-order valence-electron chi connectivity index (χ4n) is 2.37. The number of rotatable bonds is 5. The van der Waals surface area contributed by atoms with Gasteiger partial charge in [0.05, 0.1) is 6.61 Å². The van der Waals surface area contributed by atoms with Crippen LogP contribution in [-0.2, 0) is 6.54 Å². The quantitative estimate of drug-likeness (QED) is 0.889. The third-order valence-corrected chi connectivity index (χ3v) is 3.30. The summed E-state index contributed by atoms with van der Waals surface area (Å²) in [5.41, 5.74) is 1.34. The summed E-state index contributed by atoms with van der Waals surface area (Å²) in [5, 5.41) is 3.34. The fraction of sp³-hybridized carbons (Fsp3) is 0.571. The van der Waals surface area contributed by atoms with E-state index in [0.29, 0.717) is 6.04 Å². The molecule has 4 heteroatoms. The third-order valence-electron chi connectivity index (χ3n) is 3.30. The van der Waals surface area contributed by atoms with Gasteiger partial charge in [0, 0.05) is 25.7 Å². The number of halogens is 1. The standard InChI is InChI=1S/C14H22N2O.ClH/c1-3-17-14-6-4-5-12(9-14)10-16-8-7-13(11-16)15-2;/h4-6,9,13,15H,3,7-8,10-11H2,1-2H3;1H. The summed E-state index contributed by atoms with van der Waals surface area (Å²) in [7, 11) is 2.05. The first-order valence-corrected chi connectivity index (χ1v) is 6.43. The highest BCUT2D eigenvalue weighted by Crippen LogP contribution is 2.17. The Bertz CT molecular complexity index is 359. The van der Waals surface area contributed by atoms with E-state index in [-0.39, 0.29) is 12.4 Å². The molecule has 0 saturated carbocycles. The Morgan fingerprint density at radius 1 is 1.44 bits per heavy atom. The van der Waals surface area contributed by atoms with Gasteiger partial charge in [-0.15, -0.1) is 12.4 Å². The summed E-state index contributed by atoms with van der Waals surface area (Å²) in [6.45, 7) is 6.11. The minimum Gasteiger partial charge on any atom is -0.494 e. The van der Waals surface area contributed by atoms with Crippen LogP contribution in [0.3, 0.4) is 0 Å². The molecule has 1 N–H and O–H groups in total. The SMILES string of the molecule is CCOc1cccc(CN2CCC(NC)C2)c1.Cl. The van der Waals surface area contributed by atoms with Crippen LogP contribution in [0, 0.1) is 0 Å². The van der Waals surface area contributed by atoms with Crippen molar-refractivity contribution in [3.05, 3.63) is 29.8 Å². The summed E-state index contributed by atoms with van der Waals surface area (Å²) in [6, 6.07) is 9.08. The van der Waals surface area contributed by atoms with E-state index in [1.807, 2.05) is 20.0 Å². The fourth-order valence-corrected chi connectivity index (χ4v) is 2.37. The first-order valence-electron chi connectivity index (χ1n) is 6.43. The van der Waals surface area contributed by atoms with E-state index in [9.17, 15) is 0 Å². The van der Waals surface area contributed by atoms with Crippen molar-refractivity contribution < 1.29 is 4.74 Å². The van der Waals surface area contributed by atoms with E-state index in [2.05, 4.69) is 28.4 Å². The molecule has 0 spiro atoms. The first kappa shape index (κ1) is 15.3. The molecule has 0 aromatic heterocycles. The zero-order chi connectivity index (χ0) is 12.1. The Labute approximate surface area is 116 Å². The molecule has 3 nitrogen and oxygen atoms in total. The maximum Gasteiger partial charge on any atom is 0.119 e. The second-order valence-corrected chi connectivity index (χ2v) is 4.59. The van der Waals surface area contributed by atoms with Crippen LogP contribution in [0.15, 0.2) is 24.3 Å². The van der Waals surface area contributed by atoms with Crippen LogP contribution in [-0.4, -0.2) is 37.7 Å². The van der Waals surface area contributed by atoms with Crippen molar-refractivity contribution in [3.63, 3.8) is 0 Å². The first-order chi connectivity index (χ1) is 8.31. The lowest BCUT2D eigenvalue weighted by atomic mass is 10.2. The van der Waals surface area contributed by atoms with Crippen LogP contribution in [0.2, 0.25) is 0 Å². The van der Waals surface area contributed by atoms with Gasteiger partial charge in [0.25, 0.3) is 0 Å². The number of likely N-dealkylation sites (N-methyl/N-ethyl adjacent to an activating group) is 1. The summed E-state index contributed by atoms with van der Waals surface area (Å²) in [5.74, 6) is 0.981. The van der Waals surface area contributed by atoms with Crippen LogP contribution in [0.25, 0.3) is 0 Å². The molecule has 18 heavy (non-hydrogen) atoms. The van der Waals surface area contributed by atoms with Gasteiger partial charge >= 0.3 is 0 Å². The maximum atomic E-state index is 5.52. The van der Waals surface area contributed by atoms with Gasteiger partial charge in [-0.2, -0.15) is 0 Å². The number of nitrogens with one attached hydrogen (secondary N) is 1. The van der Waals surface area contributed by atoms with Crippen molar-refractivity contribution in [3.8, 4) is 5.75 Å². The molecular weight excluding hydrogens is 248 g/mol. The van der Waals surface area contributed by atoms with E-state index in [1.54, 1.807) is 0 Å². The molecule has 102 valence electrons. The van der Waals surface area contributed by atoms with Gasteiger partial charge in [-0.25, -0.2) is 0 Å². The summed E-state index contributed by atoms with van der Waals surface area (Å²) in [6.07, 6.45) is 1.25. The highest BCUT2D eigenvalue weighted by atomic mass is 35.5. The van der Waals surface area contributed by atoms with Crippen LogP contribution >= 0.6 is 12.4 Å². The normalized spacial score (nSPS) is 19.6. The highest BCUT2D eigenvalue weighted by Gasteiger charge is 2.20. The monoisotopic (exact) mass is 270 g/mol. The van der Waals surface area contributed by atoms with Crippen molar-refractivity contribution >= 4 is 12.4 Å². The van der Waals surface area contributed by atoms with E-state index in [1.165, 1.54) is 18.5 Å². The van der Waals surface area contributed by atoms with Gasteiger partial charge in [-0.3, -0.25) is 4.90 Å². The average molecular weight is 271 g/mol. The molecule has 2 rings (SSSR count). The maximum absolute atomic E-state index is 5.52. The van der Waals surface area contributed by atoms with Crippen LogP contribution in [0.1, 0.15) is 18.9 Å². The Kier molecular flexibility index (Phi) is 6.47. The molecule has 1 heterocycles. The van der Waals surface area contributed by atoms with E-state index < -0.39 is 0 Å². The predicted molar refractivity (Wildman–Crippen MR) is 77.6 cm³/mol. The molecular formula is C14H23ClN2O. The van der Waals surface area contributed by atoms with Gasteiger partial charge in [0.1, 0.15) is 5.75 Å². The van der Waals surface area contributed by atoms with E-state index in [0.717, 1.165) is 25.4 Å². The molecule has 1 aliphatic rings. The molecule has 1 unspecified atom stereocenters. The Morgan fingerprint density at radius 2 is 2.28 bits per heavy atom. The van der Waals surface area contributed by atoms with Crippen LogP contribution in [0.4, 0.5) is 0 Å². The van der Waals surface area contributed by atoms with Crippen molar-refractivity contribution in [2.75, 3.05) is 26.7 Å². The number of ether oxygens (including phenoxy) is 1. The van der Waals surface area contributed by atoms with E-state index in [4.69, 9.17) is 4.74 Å². The molecule has 1 atom stereocenters. The minimum atomic E-state index is 0. The number of hydrogen-bond donors (Lipinski definition) is 1. The predicted octanol–water partition coefficient (Wildman–Crippen LogP) is 2.30. The van der Waals surface area contributed by atoms with Gasteiger partial charge < -0.3 is 10.1 Å². The molecule has 1 aromatic rings. The number of benzene rings is 1. The number of nitrogens with zero attached hydrogens (tertiary/aromatic N) is 1. The van der Waals surface area contributed by atoms with Crippen molar-refractivity contribution in [2.45, 2.75) is 25.9 Å². The molecule has 1 saturated heterocycles. The van der Waals surface area contributed by atoms with Gasteiger partial charge in [-0.05, 0) is 38.1 Å². The third kappa shape index (κ3) is 4.16. The molecule has 0 amide bonds. The molecule has 0 radical (unpaired) electrons.